The summed E-state index contributed by atoms with van der Waals surface area (Å²) in [5.74, 6) is -0.0946. The Balaban J connectivity index is 2.39. The van der Waals surface area contributed by atoms with Gasteiger partial charge in [0.2, 0.25) is 0 Å². The molecule has 0 radical (unpaired) electrons. The first-order valence-corrected chi connectivity index (χ1v) is 8.74. The second-order valence-corrected chi connectivity index (χ2v) is 8.88. The van der Waals surface area contributed by atoms with Gasteiger partial charge in [0.05, 0.1) is 14.9 Å². The van der Waals surface area contributed by atoms with Crippen LogP contribution in [0.1, 0.15) is 12.8 Å². The molecule has 1 atom stereocenters. The molecule has 1 saturated heterocycles. The molecule has 6 nitrogen and oxygen atoms in total. The third kappa shape index (κ3) is 2.75. The van der Waals surface area contributed by atoms with Crippen molar-refractivity contribution in [3.8, 4) is 0 Å². The van der Waals surface area contributed by atoms with Crippen LogP contribution in [-0.4, -0.2) is 36.4 Å². The van der Waals surface area contributed by atoms with Crippen molar-refractivity contribution in [3.63, 3.8) is 0 Å². The third-order valence-corrected chi connectivity index (χ3v) is 7.68. The van der Waals surface area contributed by atoms with Gasteiger partial charge in [0, 0.05) is 6.54 Å². The summed E-state index contributed by atoms with van der Waals surface area (Å²) in [5.41, 5.74) is 5.54. The van der Waals surface area contributed by atoms with E-state index < -0.39 is 16.1 Å². The van der Waals surface area contributed by atoms with Crippen LogP contribution < -0.4 is 5.73 Å². The zero-order valence-corrected chi connectivity index (χ0v) is 13.6. The fraction of sp³-hybridized carbons (Fsp3) is 0.444. The van der Waals surface area contributed by atoms with E-state index in [0.29, 0.717) is 28.2 Å². The molecule has 1 aromatic rings. The van der Waals surface area contributed by atoms with Crippen LogP contribution >= 0.6 is 38.9 Å². The Morgan fingerprint density at radius 2 is 2.37 bits per heavy atom. The smallest absolute Gasteiger partial charge is 0.253 e. The number of rotatable bonds is 3. The van der Waals surface area contributed by atoms with Gasteiger partial charge in [-0.15, -0.1) is 11.3 Å². The Hall–Kier alpha value is -0.350. The number of nitrogens with zero attached hydrogens (tertiary/aromatic N) is 2. The van der Waals surface area contributed by atoms with E-state index in [1.807, 2.05) is 0 Å². The summed E-state index contributed by atoms with van der Waals surface area (Å²) in [6, 6.07) is 0.794. The van der Waals surface area contributed by atoms with E-state index in [9.17, 15) is 8.42 Å². The summed E-state index contributed by atoms with van der Waals surface area (Å²) in [6.07, 6.45) is 1.20. The molecule has 0 aromatic carbocycles. The van der Waals surface area contributed by atoms with Crippen LogP contribution in [0, 0.1) is 0 Å². The van der Waals surface area contributed by atoms with Crippen molar-refractivity contribution in [1.82, 2.24) is 4.31 Å². The second kappa shape index (κ2) is 5.57. The summed E-state index contributed by atoms with van der Waals surface area (Å²) in [7, 11) is -3.68. The molecule has 106 valence electrons. The van der Waals surface area contributed by atoms with Crippen molar-refractivity contribution < 1.29 is 13.6 Å². The van der Waals surface area contributed by atoms with Crippen molar-refractivity contribution >= 4 is 54.7 Å². The molecule has 3 N–H and O–H groups in total. The molecule has 0 bridgehead atoms. The molecule has 0 amide bonds. The van der Waals surface area contributed by atoms with Crippen molar-refractivity contribution in [2.24, 2.45) is 10.9 Å². The minimum Gasteiger partial charge on any atom is -0.409 e. The van der Waals surface area contributed by atoms with Gasteiger partial charge in [-0.25, -0.2) is 8.42 Å². The summed E-state index contributed by atoms with van der Waals surface area (Å²) in [4.78, 5) is 0. The van der Waals surface area contributed by atoms with Crippen molar-refractivity contribution in [1.29, 1.82) is 0 Å². The van der Waals surface area contributed by atoms with Crippen molar-refractivity contribution in [2.75, 3.05) is 6.54 Å². The van der Waals surface area contributed by atoms with E-state index >= 15 is 0 Å². The minimum absolute atomic E-state index is 0.0946. The predicted molar refractivity (Wildman–Crippen MR) is 77.4 cm³/mol. The number of halogens is 2. The number of nitrogens with two attached hydrogens (primary N) is 1. The van der Waals surface area contributed by atoms with Gasteiger partial charge in [-0.2, -0.15) is 4.31 Å². The van der Waals surface area contributed by atoms with Gasteiger partial charge in [-0.3, -0.25) is 0 Å². The molecule has 1 aliphatic rings. The molecule has 1 aliphatic heterocycles. The minimum atomic E-state index is -3.68. The van der Waals surface area contributed by atoms with Crippen LogP contribution in [0.15, 0.2) is 19.2 Å². The first-order chi connectivity index (χ1) is 8.87. The van der Waals surface area contributed by atoms with E-state index in [0.717, 1.165) is 11.3 Å². The molecule has 19 heavy (non-hydrogen) atoms. The average Bonchev–Trinajstić information content (AvgIpc) is 2.97. The topological polar surface area (TPSA) is 96.0 Å². The van der Waals surface area contributed by atoms with Gasteiger partial charge < -0.3 is 10.9 Å². The number of hydrogen-bond donors (Lipinski definition) is 2. The molecule has 2 rings (SSSR count). The first-order valence-electron chi connectivity index (χ1n) is 5.32. The summed E-state index contributed by atoms with van der Waals surface area (Å²) < 4.78 is 26.9. The van der Waals surface area contributed by atoms with Gasteiger partial charge >= 0.3 is 0 Å². The summed E-state index contributed by atoms with van der Waals surface area (Å²) in [6.45, 7) is 0.344. The zero-order valence-electron chi connectivity index (χ0n) is 9.58. The Bertz CT molecular complexity index is 597. The molecule has 0 spiro atoms. The van der Waals surface area contributed by atoms with Crippen molar-refractivity contribution in [2.45, 2.75) is 23.1 Å². The SMILES string of the molecule is NC(=NO)C1CCCN1S(=O)(=O)c1cc(Cl)c(Br)s1. The Labute approximate surface area is 128 Å². The second-order valence-electron chi connectivity index (χ2n) is 3.99. The lowest BCUT2D eigenvalue weighted by atomic mass is 10.2. The van der Waals surface area contributed by atoms with Crippen LogP contribution in [0.25, 0.3) is 0 Å². The van der Waals surface area contributed by atoms with Crippen LogP contribution in [0.3, 0.4) is 0 Å². The van der Waals surface area contributed by atoms with Crippen LogP contribution in [0.5, 0.6) is 0 Å². The normalized spacial score (nSPS) is 22.0. The number of amidine groups is 1. The molecule has 1 unspecified atom stereocenters. The fourth-order valence-electron chi connectivity index (χ4n) is 1.96. The lowest BCUT2D eigenvalue weighted by molar-refractivity contribution is 0.311. The van der Waals surface area contributed by atoms with E-state index in [4.69, 9.17) is 22.5 Å². The average molecular weight is 389 g/mol. The highest BCUT2D eigenvalue weighted by atomic mass is 79.9. The predicted octanol–water partition coefficient (Wildman–Crippen LogP) is 2.06. The van der Waals surface area contributed by atoms with Crippen LogP contribution in [-0.2, 0) is 10.0 Å². The Morgan fingerprint density at radius 1 is 1.68 bits per heavy atom. The zero-order chi connectivity index (χ0) is 14.2. The molecular weight excluding hydrogens is 378 g/mol. The van der Waals surface area contributed by atoms with Gasteiger partial charge in [-0.05, 0) is 34.8 Å². The first kappa shape index (κ1) is 15.0. The molecule has 2 heterocycles. The molecule has 0 aliphatic carbocycles. The van der Waals surface area contributed by atoms with E-state index in [2.05, 4.69) is 21.1 Å². The van der Waals surface area contributed by atoms with Gasteiger partial charge in [0.1, 0.15) is 4.21 Å². The quantitative estimate of drug-likeness (QED) is 0.358. The summed E-state index contributed by atoms with van der Waals surface area (Å²) >= 11 is 10.1. The maximum Gasteiger partial charge on any atom is 0.253 e. The maximum atomic E-state index is 12.5. The monoisotopic (exact) mass is 387 g/mol. The third-order valence-electron chi connectivity index (χ3n) is 2.85. The lowest BCUT2D eigenvalue weighted by Gasteiger charge is -2.21. The molecule has 1 aromatic heterocycles. The molecular formula is C9H11BrClN3O3S2. The standard InChI is InChI=1S/C9H11BrClN3O3S2/c10-8-5(11)4-7(18-8)19(16,17)14-3-1-2-6(14)9(12)13-15/h4,6,15H,1-3H2,(H2,12,13). The van der Waals surface area contributed by atoms with E-state index in [-0.39, 0.29) is 10.0 Å². The Kier molecular flexibility index (Phi) is 4.41. The highest BCUT2D eigenvalue weighted by molar-refractivity contribution is 9.11. The van der Waals surface area contributed by atoms with Gasteiger partial charge in [0.25, 0.3) is 10.0 Å². The van der Waals surface area contributed by atoms with Gasteiger partial charge in [-0.1, -0.05) is 16.8 Å². The van der Waals surface area contributed by atoms with Crippen LogP contribution in [0.2, 0.25) is 5.02 Å². The number of oxime groups is 1. The molecule has 0 saturated carbocycles. The summed E-state index contributed by atoms with van der Waals surface area (Å²) in [5, 5.41) is 12.0. The maximum absolute atomic E-state index is 12.5. The number of hydrogen-bond acceptors (Lipinski definition) is 5. The lowest BCUT2D eigenvalue weighted by Crippen LogP contribution is -2.43. The number of sulfonamides is 1. The van der Waals surface area contributed by atoms with Gasteiger partial charge in [0.15, 0.2) is 5.84 Å². The van der Waals surface area contributed by atoms with E-state index in [1.165, 1.54) is 10.4 Å². The largest absolute Gasteiger partial charge is 0.409 e. The van der Waals surface area contributed by atoms with E-state index in [1.54, 1.807) is 0 Å². The highest BCUT2D eigenvalue weighted by Gasteiger charge is 2.38. The fourth-order valence-corrected chi connectivity index (χ4v) is 6.16. The highest BCUT2D eigenvalue weighted by Crippen LogP contribution is 2.37. The molecule has 1 fully saturated rings. The Morgan fingerprint density at radius 3 is 2.89 bits per heavy atom. The van der Waals surface area contributed by atoms with Crippen molar-refractivity contribution in [3.05, 3.63) is 14.9 Å². The van der Waals surface area contributed by atoms with Crippen LogP contribution in [0.4, 0.5) is 0 Å². The molecule has 10 heteroatoms. The number of thiophene rings is 1.